The van der Waals surface area contributed by atoms with Crippen molar-refractivity contribution in [1.82, 2.24) is 4.90 Å². The molecule has 2 aliphatic heterocycles. The second kappa shape index (κ2) is 6.05. The highest BCUT2D eigenvalue weighted by Gasteiger charge is 2.44. The number of benzene rings is 1. The smallest absolute Gasteiger partial charge is 0.396 e. The van der Waals surface area contributed by atoms with Crippen molar-refractivity contribution >= 4 is 0 Å². The van der Waals surface area contributed by atoms with E-state index >= 15 is 0 Å². The molecule has 2 heterocycles. The number of nitrogens with zero attached hydrogens (tertiary/aromatic N) is 1. The van der Waals surface area contributed by atoms with E-state index in [4.69, 9.17) is 4.74 Å². The summed E-state index contributed by atoms with van der Waals surface area (Å²) in [6.45, 7) is 1.73. The van der Waals surface area contributed by atoms with Gasteiger partial charge in [-0.25, -0.2) is 0 Å². The SMILES string of the molecule is OCC1(CN2CC(O)CC2c2cccc(C(F)(F)F)c2)COC1. The van der Waals surface area contributed by atoms with Crippen LogP contribution in [-0.2, 0) is 10.9 Å². The van der Waals surface area contributed by atoms with Crippen LogP contribution in [0.4, 0.5) is 13.2 Å². The molecule has 128 valence electrons. The molecular weight excluding hydrogens is 311 g/mol. The van der Waals surface area contributed by atoms with Crippen molar-refractivity contribution in [3.05, 3.63) is 35.4 Å². The van der Waals surface area contributed by atoms with Gasteiger partial charge in [0.1, 0.15) is 0 Å². The molecule has 7 heteroatoms. The van der Waals surface area contributed by atoms with Crippen LogP contribution < -0.4 is 0 Å². The maximum absolute atomic E-state index is 12.9. The first-order valence-corrected chi connectivity index (χ1v) is 7.61. The number of aliphatic hydroxyl groups excluding tert-OH is 2. The zero-order valence-electron chi connectivity index (χ0n) is 12.6. The van der Waals surface area contributed by atoms with Crippen LogP contribution >= 0.6 is 0 Å². The van der Waals surface area contributed by atoms with E-state index < -0.39 is 17.8 Å². The van der Waals surface area contributed by atoms with E-state index in [9.17, 15) is 23.4 Å². The fourth-order valence-electron chi connectivity index (χ4n) is 3.38. The predicted octanol–water partition coefficient (Wildman–Crippen LogP) is 1.82. The van der Waals surface area contributed by atoms with Gasteiger partial charge in [0.05, 0.1) is 36.9 Å². The average molecular weight is 331 g/mol. The van der Waals surface area contributed by atoms with Crippen LogP contribution in [0.25, 0.3) is 0 Å². The molecule has 4 nitrogen and oxygen atoms in total. The molecule has 2 saturated heterocycles. The van der Waals surface area contributed by atoms with E-state index in [1.165, 1.54) is 6.07 Å². The second-order valence-corrected chi connectivity index (χ2v) is 6.61. The van der Waals surface area contributed by atoms with Crippen LogP contribution in [0.2, 0.25) is 0 Å². The first kappa shape index (κ1) is 16.7. The maximum atomic E-state index is 12.9. The Morgan fingerprint density at radius 1 is 1.30 bits per heavy atom. The molecule has 1 aromatic carbocycles. The number of hydrogen-bond acceptors (Lipinski definition) is 4. The lowest BCUT2D eigenvalue weighted by Crippen LogP contribution is -2.53. The molecule has 0 aliphatic carbocycles. The fourth-order valence-corrected chi connectivity index (χ4v) is 3.38. The summed E-state index contributed by atoms with van der Waals surface area (Å²) in [7, 11) is 0. The minimum atomic E-state index is -4.38. The molecule has 0 saturated carbocycles. The summed E-state index contributed by atoms with van der Waals surface area (Å²) in [4.78, 5) is 1.96. The van der Waals surface area contributed by atoms with Crippen LogP contribution in [0.15, 0.2) is 24.3 Å². The van der Waals surface area contributed by atoms with E-state index in [1.54, 1.807) is 6.07 Å². The number of aliphatic hydroxyl groups is 2. The molecule has 3 rings (SSSR count). The Kier molecular flexibility index (Phi) is 4.39. The van der Waals surface area contributed by atoms with Crippen molar-refractivity contribution in [3.63, 3.8) is 0 Å². The Hall–Kier alpha value is -1.15. The number of β-amino-alcohol motifs (C(OH)–C–C–N with tert-alkyl or cyclic N) is 1. The minimum absolute atomic E-state index is 0.0328. The molecule has 2 atom stereocenters. The molecule has 2 fully saturated rings. The van der Waals surface area contributed by atoms with Gasteiger partial charge in [-0.3, -0.25) is 4.90 Å². The van der Waals surface area contributed by atoms with E-state index in [-0.39, 0.29) is 18.1 Å². The van der Waals surface area contributed by atoms with E-state index in [2.05, 4.69) is 0 Å². The van der Waals surface area contributed by atoms with E-state index in [0.717, 1.165) is 12.1 Å². The van der Waals surface area contributed by atoms with Gasteiger partial charge in [0.2, 0.25) is 0 Å². The number of hydrogen-bond donors (Lipinski definition) is 2. The van der Waals surface area contributed by atoms with Crippen LogP contribution in [0.3, 0.4) is 0 Å². The van der Waals surface area contributed by atoms with E-state index in [1.807, 2.05) is 4.90 Å². The van der Waals surface area contributed by atoms with Crippen molar-refractivity contribution in [1.29, 1.82) is 0 Å². The summed E-state index contributed by atoms with van der Waals surface area (Å²) in [5.74, 6) is 0. The molecule has 2 aliphatic rings. The highest BCUT2D eigenvalue weighted by Crippen LogP contribution is 2.39. The van der Waals surface area contributed by atoms with Crippen molar-refractivity contribution in [2.24, 2.45) is 5.41 Å². The lowest BCUT2D eigenvalue weighted by atomic mass is 9.86. The van der Waals surface area contributed by atoms with Gasteiger partial charge in [-0.05, 0) is 24.1 Å². The van der Waals surface area contributed by atoms with Crippen molar-refractivity contribution in [2.75, 3.05) is 32.9 Å². The normalized spacial score (nSPS) is 27.9. The molecule has 0 aromatic heterocycles. The standard InChI is InChI=1S/C16H20F3NO3/c17-16(18,19)12-3-1-2-11(4-12)14-5-13(22)6-20(14)7-15(8-21)9-23-10-15/h1-4,13-14,21-22H,5-10H2. The number of likely N-dealkylation sites (tertiary alicyclic amines) is 1. The molecule has 2 unspecified atom stereocenters. The molecule has 2 N–H and O–H groups in total. The molecule has 23 heavy (non-hydrogen) atoms. The Labute approximate surface area is 132 Å². The topological polar surface area (TPSA) is 52.9 Å². The summed E-state index contributed by atoms with van der Waals surface area (Å²) >= 11 is 0. The van der Waals surface area contributed by atoms with Crippen molar-refractivity contribution in [3.8, 4) is 0 Å². The highest BCUT2D eigenvalue weighted by atomic mass is 19.4. The van der Waals surface area contributed by atoms with Crippen LogP contribution in [0, 0.1) is 5.41 Å². The zero-order chi connectivity index (χ0) is 16.7. The number of halogens is 3. The van der Waals surface area contributed by atoms with Gasteiger partial charge in [-0.2, -0.15) is 13.2 Å². The van der Waals surface area contributed by atoms with Gasteiger partial charge in [0, 0.05) is 19.1 Å². The molecule has 0 spiro atoms. The van der Waals surface area contributed by atoms with Gasteiger partial charge in [0.25, 0.3) is 0 Å². The highest BCUT2D eigenvalue weighted by molar-refractivity contribution is 5.29. The van der Waals surface area contributed by atoms with E-state index in [0.29, 0.717) is 38.3 Å². The first-order valence-electron chi connectivity index (χ1n) is 7.61. The molecular formula is C16H20F3NO3. The van der Waals surface area contributed by atoms with Crippen LogP contribution in [-0.4, -0.2) is 54.1 Å². The summed E-state index contributed by atoms with van der Waals surface area (Å²) in [6, 6.07) is 4.98. The van der Waals surface area contributed by atoms with Gasteiger partial charge >= 0.3 is 6.18 Å². The van der Waals surface area contributed by atoms with Gasteiger partial charge < -0.3 is 14.9 Å². The minimum Gasteiger partial charge on any atom is -0.396 e. The summed E-state index contributed by atoms with van der Waals surface area (Å²) < 4.78 is 43.9. The lowest BCUT2D eigenvalue weighted by molar-refractivity contribution is -0.150. The maximum Gasteiger partial charge on any atom is 0.416 e. The van der Waals surface area contributed by atoms with Crippen molar-refractivity contribution in [2.45, 2.75) is 24.7 Å². The molecule has 1 aromatic rings. The monoisotopic (exact) mass is 331 g/mol. The Morgan fingerprint density at radius 3 is 2.61 bits per heavy atom. The summed E-state index contributed by atoms with van der Waals surface area (Å²) in [5, 5.41) is 19.5. The van der Waals surface area contributed by atoms with Crippen LogP contribution in [0.1, 0.15) is 23.6 Å². The van der Waals surface area contributed by atoms with Gasteiger partial charge in [-0.1, -0.05) is 12.1 Å². The van der Waals surface area contributed by atoms with Gasteiger partial charge in [0.15, 0.2) is 0 Å². The molecule has 0 amide bonds. The Morgan fingerprint density at radius 2 is 2.04 bits per heavy atom. The number of rotatable bonds is 4. The number of ether oxygens (including phenoxy) is 1. The largest absolute Gasteiger partial charge is 0.416 e. The molecule has 0 radical (unpaired) electrons. The first-order chi connectivity index (χ1) is 10.8. The quantitative estimate of drug-likeness (QED) is 0.884. The molecule has 0 bridgehead atoms. The third-order valence-corrected chi connectivity index (χ3v) is 4.67. The average Bonchev–Trinajstić information content (AvgIpc) is 2.83. The third kappa shape index (κ3) is 3.38. The Balaban J connectivity index is 1.82. The predicted molar refractivity (Wildman–Crippen MR) is 76.7 cm³/mol. The lowest BCUT2D eigenvalue weighted by Gasteiger charge is -2.43. The zero-order valence-corrected chi connectivity index (χ0v) is 12.6. The second-order valence-electron chi connectivity index (χ2n) is 6.61. The van der Waals surface area contributed by atoms with Crippen LogP contribution in [0.5, 0.6) is 0 Å². The summed E-state index contributed by atoms with van der Waals surface area (Å²) in [6.07, 6.45) is -4.57. The third-order valence-electron chi connectivity index (χ3n) is 4.67. The fraction of sp³-hybridized carbons (Fsp3) is 0.625. The number of alkyl halides is 3. The van der Waals surface area contributed by atoms with Gasteiger partial charge in [-0.15, -0.1) is 0 Å². The van der Waals surface area contributed by atoms with Crippen molar-refractivity contribution < 1.29 is 28.1 Å². The summed E-state index contributed by atoms with van der Waals surface area (Å²) in [5.41, 5.74) is -0.505. The Bertz CT molecular complexity index is 554.